The minimum Gasteiger partial charge on any atom is -0.494 e. The lowest BCUT2D eigenvalue weighted by Crippen LogP contribution is -2.15. The summed E-state index contributed by atoms with van der Waals surface area (Å²) in [5.74, 6) is 0.423. The second kappa shape index (κ2) is 7.91. The summed E-state index contributed by atoms with van der Waals surface area (Å²) in [4.78, 5) is 25.8. The maximum Gasteiger partial charge on any atom is 0.341 e. The van der Waals surface area contributed by atoms with Crippen molar-refractivity contribution in [1.29, 1.82) is 0 Å². The molecule has 6 heteroatoms. The first kappa shape index (κ1) is 18.5. The first-order valence-electron chi connectivity index (χ1n) is 8.89. The van der Waals surface area contributed by atoms with E-state index in [1.807, 2.05) is 38.1 Å². The molecule has 0 unspecified atom stereocenters. The van der Waals surface area contributed by atoms with Gasteiger partial charge in [0.25, 0.3) is 0 Å². The number of rotatable bonds is 7. The van der Waals surface area contributed by atoms with Crippen molar-refractivity contribution < 1.29 is 19.1 Å². The van der Waals surface area contributed by atoms with E-state index < -0.39 is 5.97 Å². The van der Waals surface area contributed by atoms with Gasteiger partial charge in [0.2, 0.25) is 5.91 Å². The Hall–Kier alpha value is -2.34. The van der Waals surface area contributed by atoms with E-state index in [0.717, 1.165) is 34.6 Å². The van der Waals surface area contributed by atoms with Crippen LogP contribution in [0.25, 0.3) is 11.1 Å². The summed E-state index contributed by atoms with van der Waals surface area (Å²) in [6.45, 7) is 6.54. The van der Waals surface area contributed by atoms with Gasteiger partial charge in [0.15, 0.2) is 0 Å². The van der Waals surface area contributed by atoms with Gasteiger partial charge in [-0.2, -0.15) is 0 Å². The zero-order chi connectivity index (χ0) is 18.7. The van der Waals surface area contributed by atoms with E-state index >= 15 is 0 Å². The van der Waals surface area contributed by atoms with Crippen LogP contribution in [0.2, 0.25) is 0 Å². The molecule has 1 aromatic heterocycles. The summed E-state index contributed by atoms with van der Waals surface area (Å²) in [6.07, 6.45) is 1.83. The van der Waals surface area contributed by atoms with Crippen molar-refractivity contribution >= 4 is 28.2 Å². The predicted molar refractivity (Wildman–Crippen MR) is 103 cm³/mol. The van der Waals surface area contributed by atoms with Gasteiger partial charge in [0.1, 0.15) is 16.3 Å². The third-order valence-corrected chi connectivity index (χ3v) is 5.22. The molecule has 0 spiro atoms. The fourth-order valence-electron chi connectivity index (χ4n) is 2.82. The number of thiophene rings is 1. The molecule has 1 amide bonds. The van der Waals surface area contributed by atoms with Crippen LogP contribution in [0.3, 0.4) is 0 Å². The predicted octanol–water partition coefficient (Wildman–Crippen LogP) is 4.65. The Morgan fingerprint density at radius 2 is 1.85 bits per heavy atom. The molecule has 1 aliphatic carbocycles. The van der Waals surface area contributed by atoms with Crippen molar-refractivity contribution in [2.45, 2.75) is 33.6 Å². The Labute approximate surface area is 157 Å². The van der Waals surface area contributed by atoms with Crippen LogP contribution < -0.4 is 10.1 Å². The molecule has 0 atom stereocenters. The molecule has 0 bridgehead atoms. The number of esters is 1. The molecule has 0 saturated heterocycles. The van der Waals surface area contributed by atoms with E-state index in [4.69, 9.17) is 9.47 Å². The van der Waals surface area contributed by atoms with E-state index in [1.165, 1.54) is 11.3 Å². The molecule has 5 nitrogen and oxygen atoms in total. The molecule has 0 aliphatic heterocycles. The second-order valence-corrected chi connectivity index (χ2v) is 7.40. The molecular formula is C20H23NO4S. The van der Waals surface area contributed by atoms with Crippen LogP contribution in [0.1, 0.15) is 41.9 Å². The highest BCUT2D eigenvalue weighted by Gasteiger charge is 2.32. The smallest absolute Gasteiger partial charge is 0.341 e. The lowest BCUT2D eigenvalue weighted by atomic mass is 10.0. The number of carbonyl (C=O) groups is 2. The van der Waals surface area contributed by atoms with E-state index in [1.54, 1.807) is 6.92 Å². The van der Waals surface area contributed by atoms with E-state index in [0.29, 0.717) is 17.2 Å². The first-order chi connectivity index (χ1) is 12.5. The highest BCUT2D eigenvalue weighted by Crippen LogP contribution is 2.42. The molecule has 1 N–H and O–H groups in total. The largest absolute Gasteiger partial charge is 0.494 e. The Morgan fingerprint density at radius 1 is 1.15 bits per heavy atom. The SMILES string of the molecule is CCOC(=O)c1c(NC(=O)C2CC2)sc(C)c1-c1ccc(OCC)cc1. The van der Waals surface area contributed by atoms with Crippen LogP contribution in [-0.4, -0.2) is 25.1 Å². The molecular weight excluding hydrogens is 350 g/mol. The molecule has 1 fully saturated rings. The van der Waals surface area contributed by atoms with Crippen molar-refractivity contribution in [2.24, 2.45) is 5.92 Å². The Bertz CT molecular complexity index is 806. The summed E-state index contributed by atoms with van der Waals surface area (Å²) in [5.41, 5.74) is 2.15. The Balaban J connectivity index is 2.00. The van der Waals surface area contributed by atoms with Crippen LogP contribution in [0.15, 0.2) is 24.3 Å². The summed E-state index contributed by atoms with van der Waals surface area (Å²) in [6, 6.07) is 7.62. The number of nitrogens with one attached hydrogen (secondary N) is 1. The topological polar surface area (TPSA) is 64.6 Å². The normalized spacial score (nSPS) is 13.3. The first-order valence-corrected chi connectivity index (χ1v) is 9.71. The van der Waals surface area contributed by atoms with Gasteiger partial charge in [-0.1, -0.05) is 12.1 Å². The highest BCUT2D eigenvalue weighted by molar-refractivity contribution is 7.17. The molecule has 138 valence electrons. The molecule has 1 aromatic carbocycles. The van der Waals surface area contributed by atoms with Gasteiger partial charge in [-0.3, -0.25) is 4.79 Å². The summed E-state index contributed by atoms with van der Waals surface area (Å²) in [5, 5.41) is 3.50. The molecule has 3 rings (SSSR count). The van der Waals surface area contributed by atoms with Crippen molar-refractivity contribution in [3.63, 3.8) is 0 Å². The number of ether oxygens (including phenoxy) is 2. The van der Waals surface area contributed by atoms with Crippen molar-refractivity contribution in [2.75, 3.05) is 18.5 Å². The number of amides is 1. The standard InChI is InChI=1S/C20H23NO4S/c1-4-24-15-10-8-13(9-11-15)16-12(3)26-19(17(16)20(23)25-5-2)21-18(22)14-6-7-14/h8-11,14H,4-7H2,1-3H3,(H,21,22). The molecule has 1 aliphatic rings. The van der Waals surface area contributed by atoms with Gasteiger partial charge in [-0.05, 0) is 51.3 Å². The zero-order valence-corrected chi connectivity index (χ0v) is 16.1. The fourth-order valence-corrected chi connectivity index (χ4v) is 3.89. The van der Waals surface area contributed by atoms with E-state index in [2.05, 4.69) is 5.32 Å². The lowest BCUT2D eigenvalue weighted by molar-refractivity contribution is -0.117. The number of benzene rings is 1. The zero-order valence-electron chi connectivity index (χ0n) is 15.3. The monoisotopic (exact) mass is 373 g/mol. The average Bonchev–Trinajstić information content (AvgIpc) is 3.41. The maximum absolute atomic E-state index is 12.6. The summed E-state index contributed by atoms with van der Waals surface area (Å²) >= 11 is 1.41. The lowest BCUT2D eigenvalue weighted by Gasteiger charge is -2.10. The van der Waals surface area contributed by atoms with Gasteiger partial charge < -0.3 is 14.8 Å². The number of hydrogen-bond acceptors (Lipinski definition) is 5. The fraction of sp³-hybridized carbons (Fsp3) is 0.400. The van der Waals surface area contributed by atoms with Crippen LogP contribution >= 0.6 is 11.3 Å². The summed E-state index contributed by atoms with van der Waals surface area (Å²) < 4.78 is 10.7. The molecule has 2 aromatic rings. The number of hydrogen-bond donors (Lipinski definition) is 1. The van der Waals surface area contributed by atoms with Gasteiger partial charge in [-0.15, -0.1) is 11.3 Å². The van der Waals surface area contributed by atoms with Crippen LogP contribution in [0, 0.1) is 12.8 Å². The maximum atomic E-state index is 12.6. The molecule has 1 heterocycles. The minimum atomic E-state index is -0.410. The van der Waals surface area contributed by atoms with E-state index in [-0.39, 0.29) is 18.4 Å². The van der Waals surface area contributed by atoms with Crippen molar-refractivity contribution in [1.82, 2.24) is 0 Å². The van der Waals surface area contributed by atoms with Crippen molar-refractivity contribution in [3.8, 4) is 16.9 Å². The van der Waals surface area contributed by atoms with Gasteiger partial charge in [-0.25, -0.2) is 4.79 Å². The van der Waals surface area contributed by atoms with Gasteiger partial charge in [0.05, 0.1) is 13.2 Å². The average molecular weight is 373 g/mol. The van der Waals surface area contributed by atoms with Crippen LogP contribution in [0.4, 0.5) is 5.00 Å². The second-order valence-electron chi connectivity index (χ2n) is 6.18. The van der Waals surface area contributed by atoms with Crippen molar-refractivity contribution in [3.05, 3.63) is 34.7 Å². The third-order valence-electron chi connectivity index (χ3n) is 4.20. The Morgan fingerprint density at radius 3 is 2.42 bits per heavy atom. The number of anilines is 1. The quantitative estimate of drug-likeness (QED) is 0.718. The van der Waals surface area contributed by atoms with Crippen LogP contribution in [-0.2, 0) is 9.53 Å². The number of carbonyl (C=O) groups excluding carboxylic acids is 2. The third kappa shape index (κ3) is 3.90. The molecule has 1 saturated carbocycles. The Kier molecular flexibility index (Phi) is 5.61. The van der Waals surface area contributed by atoms with Crippen LogP contribution in [0.5, 0.6) is 5.75 Å². The molecule has 26 heavy (non-hydrogen) atoms. The van der Waals surface area contributed by atoms with Gasteiger partial charge in [0, 0.05) is 16.4 Å². The van der Waals surface area contributed by atoms with E-state index in [9.17, 15) is 9.59 Å². The molecule has 0 radical (unpaired) electrons. The van der Waals surface area contributed by atoms with Gasteiger partial charge >= 0.3 is 5.97 Å². The number of aryl methyl sites for hydroxylation is 1. The minimum absolute atomic E-state index is 0.0185. The highest BCUT2D eigenvalue weighted by atomic mass is 32.1. The summed E-state index contributed by atoms with van der Waals surface area (Å²) in [7, 11) is 0.